The second-order valence-corrected chi connectivity index (χ2v) is 10.8. The number of amides is 3. The Balaban J connectivity index is 1.43. The van der Waals surface area contributed by atoms with E-state index in [4.69, 9.17) is 4.74 Å². The van der Waals surface area contributed by atoms with E-state index >= 15 is 0 Å². The van der Waals surface area contributed by atoms with Crippen LogP contribution in [0.2, 0.25) is 0 Å². The van der Waals surface area contributed by atoms with E-state index < -0.39 is 47.7 Å². The Hall–Kier alpha value is -4.55. The molecule has 13 heteroatoms. The van der Waals surface area contributed by atoms with Gasteiger partial charge in [0.25, 0.3) is 0 Å². The number of halogens is 6. The van der Waals surface area contributed by atoms with Crippen LogP contribution in [0, 0.1) is 5.92 Å². The molecule has 0 spiro atoms. The van der Waals surface area contributed by atoms with Gasteiger partial charge >= 0.3 is 18.4 Å². The van der Waals surface area contributed by atoms with E-state index in [2.05, 4.69) is 0 Å². The van der Waals surface area contributed by atoms with Gasteiger partial charge < -0.3 is 19.4 Å². The summed E-state index contributed by atoms with van der Waals surface area (Å²) in [7, 11) is 1.31. The van der Waals surface area contributed by atoms with Gasteiger partial charge in [-0.05, 0) is 41.3 Å². The Bertz CT molecular complexity index is 1450. The Labute approximate surface area is 256 Å². The molecule has 1 fully saturated rings. The first-order valence-corrected chi connectivity index (χ1v) is 14.0. The zero-order valence-electron chi connectivity index (χ0n) is 24.3. The molecule has 0 radical (unpaired) electrons. The topological polar surface area (TPSA) is 70.2 Å². The number of benzene rings is 3. The molecule has 1 unspecified atom stereocenters. The largest absolute Gasteiger partial charge is 0.445 e. The Morgan fingerprint density at radius 1 is 0.822 bits per heavy atom. The standard InChI is InChI=1S/C32H31F6N3O4/c1-39(30(44)45-21-24-15-26(31(33,34)35)17-27(16-24)32(36,37)38)19-25(14-22-8-4-2-5-9-22)29(43)41-13-12-40(28(42)20-41)18-23-10-6-3-7-11-23/h2-11,15-17,25H,12-14,18-21H2,1H3. The third-order valence-corrected chi connectivity index (χ3v) is 7.34. The fraction of sp³-hybridized carbons (Fsp3) is 0.344. The molecule has 0 bridgehead atoms. The normalized spacial score (nSPS) is 14.7. The molecule has 1 heterocycles. The van der Waals surface area contributed by atoms with Gasteiger partial charge in [0.05, 0.1) is 23.6 Å². The highest BCUT2D eigenvalue weighted by atomic mass is 19.4. The highest BCUT2D eigenvalue weighted by molar-refractivity contribution is 5.87. The van der Waals surface area contributed by atoms with E-state index in [1.54, 1.807) is 35.2 Å². The number of hydrogen-bond donors (Lipinski definition) is 0. The fourth-order valence-electron chi connectivity index (χ4n) is 5.02. The maximum Gasteiger partial charge on any atom is 0.416 e. The molecule has 0 saturated carbocycles. The first-order valence-electron chi connectivity index (χ1n) is 14.0. The molecule has 7 nitrogen and oxygen atoms in total. The average molecular weight is 636 g/mol. The third kappa shape index (κ3) is 9.22. The van der Waals surface area contributed by atoms with Crippen molar-refractivity contribution >= 4 is 17.9 Å². The molecule has 0 N–H and O–H groups in total. The molecule has 3 aromatic carbocycles. The summed E-state index contributed by atoms with van der Waals surface area (Å²) in [4.78, 5) is 43.5. The van der Waals surface area contributed by atoms with Crippen molar-refractivity contribution in [3.63, 3.8) is 0 Å². The van der Waals surface area contributed by atoms with E-state index in [1.807, 2.05) is 30.3 Å². The van der Waals surface area contributed by atoms with Crippen molar-refractivity contribution < 1.29 is 45.5 Å². The Kier molecular flexibility index (Phi) is 10.4. The van der Waals surface area contributed by atoms with Gasteiger partial charge in [-0.15, -0.1) is 0 Å². The molecule has 45 heavy (non-hydrogen) atoms. The Morgan fingerprint density at radius 3 is 1.91 bits per heavy atom. The SMILES string of the molecule is CN(CC(Cc1ccccc1)C(=O)N1CCN(Cc2ccccc2)C(=O)C1)C(=O)OCc1cc(C(F)(F)F)cc(C(F)(F)F)c1. The highest BCUT2D eigenvalue weighted by Gasteiger charge is 2.37. The molecule has 4 rings (SSSR count). The molecule has 3 aromatic rings. The molecule has 1 saturated heterocycles. The molecule has 1 aliphatic heterocycles. The maximum atomic E-state index is 13.7. The van der Waals surface area contributed by atoms with Crippen LogP contribution in [-0.2, 0) is 46.3 Å². The number of piperazine rings is 1. The minimum absolute atomic E-state index is 0.0104. The van der Waals surface area contributed by atoms with Gasteiger partial charge in [0.1, 0.15) is 6.61 Å². The number of carbonyl (C=O) groups excluding carboxylic acids is 3. The van der Waals surface area contributed by atoms with Gasteiger partial charge in [0, 0.05) is 33.2 Å². The summed E-state index contributed by atoms with van der Waals surface area (Å²) in [5.74, 6) is -1.42. The summed E-state index contributed by atoms with van der Waals surface area (Å²) in [5, 5.41) is 0. The maximum absolute atomic E-state index is 13.7. The lowest BCUT2D eigenvalue weighted by Crippen LogP contribution is -2.54. The molecule has 0 aliphatic carbocycles. The van der Waals surface area contributed by atoms with Crippen molar-refractivity contribution in [1.82, 2.24) is 14.7 Å². The number of ether oxygens (including phenoxy) is 1. The average Bonchev–Trinajstić information content (AvgIpc) is 3.00. The first-order chi connectivity index (χ1) is 21.2. The summed E-state index contributed by atoms with van der Waals surface area (Å²) < 4.78 is 84.3. The van der Waals surface area contributed by atoms with Crippen LogP contribution in [0.1, 0.15) is 27.8 Å². The predicted octanol–water partition coefficient (Wildman–Crippen LogP) is 6.02. The van der Waals surface area contributed by atoms with Crippen LogP contribution < -0.4 is 0 Å². The van der Waals surface area contributed by atoms with Gasteiger partial charge in [0.15, 0.2) is 0 Å². The van der Waals surface area contributed by atoms with Crippen molar-refractivity contribution in [3.8, 4) is 0 Å². The lowest BCUT2D eigenvalue weighted by Gasteiger charge is -2.36. The summed E-state index contributed by atoms with van der Waals surface area (Å²) >= 11 is 0. The predicted molar refractivity (Wildman–Crippen MR) is 151 cm³/mol. The number of hydrogen-bond acceptors (Lipinski definition) is 4. The van der Waals surface area contributed by atoms with Crippen LogP contribution in [0.3, 0.4) is 0 Å². The third-order valence-electron chi connectivity index (χ3n) is 7.34. The number of carbonyl (C=O) groups is 3. The second-order valence-electron chi connectivity index (χ2n) is 10.8. The molecule has 240 valence electrons. The summed E-state index contributed by atoms with van der Waals surface area (Å²) in [6.45, 7) is -0.199. The monoisotopic (exact) mass is 635 g/mol. The lowest BCUT2D eigenvalue weighted by atomic mass is 9.97. The van der Waals surface area contributed by atoms with Gasteiger partial charge in [-0.25, -0.2) is 4.79 Å². The van der Waals surface area contributed by atoms with Crippen molar-refractivity contribution in [3.05, 3.63) is 107 Å². The molecule has 1 aliphatic rings. The van der Waals surface area contributed by atoms with Crippen molar-refractivity contribution in [2.45, 2.75) is 31.9 Å². The number of rotatable bonds is 9. The fourth-order valence-corrected chi connectivity index (χ4v) is 5.02. The van der Waals surface area contributed by atoms with Gasteiger partial charge in [-0.2, -0.15) is 26.3 Å². The zero-order valence-corrected chi connectivity index (χ0v) is 24.3. The van der Waals surface area contributed by atoms with Crippen molar-refractivity contribution in [1.29, 1.82) is 0 Å². The molecule has 3 amide bonds. The minimum Gasteiger partial charge on any atom is -0.445 e. The van der Waals surface area contributed by atoms with Gasteiger partial charge in [-0.3, -0.25) is 9.59 Å². The van der Waals surface area contributed by atoms with Crippen LogP contribution in [0.4, 0.5) is 31.1 Å². The van der Waals surface area contributed by atoms with E-state index in [0.29, 0.717) is 25.2 Å². The van der Waals surface area contributed by atoms with Crippen LogP contribution >= 0.6 is 0 Å². The zero-order chi connectivity index (χ0) is 32.8. The highest BCUT2D eigenvalue weighted by Crippen LogP contribution is 2.36. The van der Waals surface area contributed by atoms with Crippen LogP contribution in [-0.4, -0.2) is 65.8 Å². The van der Waals surface area contributed by atoms with E-state index in [0.717, 1.165) is 16.0 Å². The minimum atomic E-state index is -5.05. The van der Waals surface area contributed by atoms with Gasteiger partial charge in [-0.1, -0.05) is 60.7 Å². The first kappa shape index (κ1) is 33.3. The lowest BCUT2D eigenvalue weighted by molar-refractivity contribution is -0.148. The summed E-state index contributed by atoms with van der Waals surface area (Å²) in [6, 6.07) is 19.3. The van der Waals surface area contributed by atoms with E-state index in [1.165, 1.54) is 11.9 Å². The molecular weight excluding hydrogens is 604 g/mol. The summed E-state index contributed by atoms with van der Waals surface area (Å²) in [6.07, 6.45) is -10.9. The Morgan fingerprint density at radius 2 is 1.38 bits per heavy atom. The van der Waals surface area contributed by atoms with Crippen molar-refractivity contribution in [2.24, 2.45) is 5.92 Å². The van der Waals surface area contributed by atoms with E-state index in [-0.39, 0.29) is 43.9 Å². The summed E-state index contributed by atoms with van der Waals surface area (Å²) in [5.41, 5.74) is -1.81. The van der Waals surface area contributed by atoms with Gasteiger partial charge in [0.2, 0.25) is 11.8 Å². The van der Waals surface area contributed by atoms with Crippen LogP contribution in [0.5, 0.6) is 0 Å². The van der Waals surface area contributed by atoms with Crippen LogP contribution in [0.25, 0.3) is 0 Å². The number of alkyl halides is 6. The van der Waals surface area contributed by atoms with Crippen molar-refractivity contribution in [2.75, 3.05) is 33.2 Å². The quantitative estimate of drug-likeness (QED) is 0.270. The molecular formula is C32H31F6N3O4. The smallest absolute Gasteiger partial charge is 0.416 e. The molecule has 0 aromatic heterocycles. The van der Waals surface area contributed by atoms with E-state index in [9.17, 15) is 40.7 Å². The second kappa shape index (κ2) is 14.0. The number of nitrogens with zero attached hydrogens (tertiary/aromatic N) is 3. The van der Waals surface area contributed by atoms with Crippen LogP contribution in [0.15, 0.2) is 78.9 Å². The molecule has 1 atom stereocenters.